The van der Waals surface area contributed by atoms with Gasteiger partial charge in [0.1, 0.15) is 23.7 Å². The Bertz CT molecular complexity index is 833. The van der Waals surface area contributed by atoms with Crippen LogP contribution < -0.4 is 5.32 Å². The molecule has 0 spiro atoms. The number of halogens is 1. The van der Waals surface area contributed by atoms with Gasteiger partial charge in [-0.05, 0) is 49.2 Å². The lowest BCUT2D eigenvalue weighted by Gasteiger charge is -2.11. The minimum atomic E-state index is -0.536. The van der Waals surface area contributed by atoms with E-state index in [9.17, 15) is 9.50 Å². The van der Waals surface area contributed by atoms with Gasteiger partial charge in [0.15, 0.2) is 0 Å². The minimum absolute atomic E-state index is 0.114. The third kappa shape index (κ3) is 2.50. The predicted molar refractivity (Wildman–Crippen MR) is 80.4 cm³/mol. The van der Waals surface area contributed by atoms with Gasteiger partial charge in [-0.15, -0.1) is 0 Å². The van der Waals surface area contributed by atoms with E-state index in [4.69, 9.17) is 0 Å². The third-order valence-electron chi connectivity index (χ3n) is 3.46. The Kier molecular flexibility index (Phi) is 3.17. The number of aromatic hydroxyl groups is 1. The van der Waals surface area contributed by atoms with Gasteiger partial charge in [0.2, 0.25) is 0 Å². The molecule has 21 heavy (non-hydrogen) atoms. The number of hydrogen-bond acceptors (Lipinski definition) is 4. The Morgan fingerprint density at radius 3 is 2.57 bits per heavy atom. The number of phenols is 1. The van der Waals surface area contributed by atoms with Gasteiger partial charge in [-0.1, -0.05) is 0 Å². The van der Waals surface area contributed by atoms with Crippen molar-refractivity contribution in [1.82, 2.24) is 9.97 Å². The summed E-state index contributed by atoms with van der Waals surface area (Å²) < 4.78 is 13.8. The fraction of sp³-hybridized carbons (Fsp3) is 0.125. The van der Waals surface area contributed by atoms with Crippen molar-refractivity contribution in [3.63, 3.8) is 0 Å². The first-order valence-corrected chi connectivity index (χ1v) is 6.52. The van der Waals surface area contributed by atoms with Crippen LogP contribution in [0.4, 0.5) is 15.9 Å². The summed E-state index contributed by atoms with van der Waals surface area (Å²) in [6.45, 7) is 4.02. The van der Waals surface area contributed by atoms with Crippen LogP contribution in [0.3, 0.4) is 0 Å². The largest absolute Gasteiger partial charge is 0.508 e. The van der Waals surface area contributed by atoms with Gasteiger partial charge in [-0.25, -0.2) is 14.4 Å². The number of anilines is 2. The number of benzene rings is 2. The molecule has 3 aromatic rings. The van der Waals surface area contributed by atoms with Gasteiger partial charge in [-0.2, -0.15) is 0 Å². The molecule has 0 aliphatic carbocycles. The number of aromatic nitrogens is 2. The van der Waals surface area contributed by atoms with E-state index >= 15 is 0 Å². The first-order valence-electron chi connectivity index (χ1n) is 6.52. The van der Waals surface area contributed by atoms with Crippen molar-refractivity contribution in [2.24, 2.45) is 0 Å². The first kappa shape index (κ1) is 13.3. The van der Waals surface area contributed by atoms with Gasteiger partial charge in [0.05, 0.1) is 11.2 Å². The molecule has 0 amide bonds. The molecule has 5 heteroatoms. The van der Waals surface area contributed by atoms with E-state index in [0.29, 0.717) is 5.82 Å². The average Bonchev–Trinajstić information content (AvgIpc) is 2.44. The Hall–Kier alpha value is -2.69. The molecule has 0 unspecified atom stereocenters. The van der Waals surface area contributed by atoms with Gasteiger partial charge in [0.25, 0.3) is 0 Å². The lowest BCUT2D eigenvalue weighted by molar-refractivity contribution is 0.469. The summed E-state index contributed by atoms with van der Waals surface area (Å²) in [5.41, 5.74) is 3.32. The van der Waals surface area contributed by atoms with Crippen LogP contribution in [-0.4, -0.2) is 15.1 Å². The standard InChI is InChI=1S/C16H14FN3O/c1-9-5-12-15(6-10(9)2)18-8-19-16(12)20-14-4-3-11(21)7-13(14)17/h3-8,21H,1-2H3,(H,18,19,20). The highest BCUT2D eigenvalue weighted by Gasteiger charge is 2.09. The van der Waals surface area contributed by atoms with Crippen LogP contribution in [0.5, 0.6) is 5.75 Å². The normalized spacial score (nSPS) is 10.8. The molecular formula is C16H14FN3O. The van der Waals surface area contributed by atoms with Gasteiger partial charge in [0, 0.05) is 11.5 Å². The summed E-state index contributed by atoms with van der Waals surface area (Å²) in [7, 11) is 0. The molecule has 0 radical (unpaired) electrons. The monoisotopic (exact) mass is 283 g/mol. The summed E-state index contributed by atoms with van der Waals surface area (Å²) in [5.74, 6) is -0.115. The second kappa shape index (κ2) is 5.01. The Balaban J connectivity index is 2.10. The zero-order valence-electron chi connectivity index (χ0n) is 11.7. The summed E-state index contributed by atoms with van der Waals surface area (Å²) in [6, 6.07) is 7.90. The number of hydrogen-bond donors (Lipinski definition) is 2. The number of aryl methyl sites for hydroxylation is 2. The molecule has 0 bridgehead atoms. The second-order valence-corrected chi connectivity index (χ2v) is 4.97. The van der Waals surface area contributed by atoms with Gasteiger partial charge >= 0.3 is 0 Å². The van der Waals surface area contributed by atoms with Crippen LogP contribution in [0.2, 0.25) is 0 Å². The molecule has 0 aliphatic heterocycles. The highest BCUT2D eigenvalue weighted by Crippen LogP contribution is 2.27. The van der Waals surface area contributed by atoms with E-state index < -0.39 is 5.82 Å². The molecule has 1 heterocycles. The molecule has 106 valence electrons. The zero-order valence-corrected chi connectivity index (χ0v) is 11.7. The molecular weight excluding hydrogens is 269 g/mol. The van der Waals surface area contributed by atoms with E-state index in [1.54, 1.807) is 0 Å². The van der Waals surface area contributed by atoms with Crippen molar-refractivity contribution in [2.75, 3.05) is 5.32 Å². The average molecular weight is 283 g/mol. The molecule has 0 saturated heterocycles. The summed E-state index contributed by atoms with van der Waals surface area (Å²) in [5, 5.41) is 13.0. The van der Waals surface area contributed by atoms with Crippen LogP contribution in [0.15, 0.2) is 36.7 Å². The molecule has 2 aromatic carbocycles. The lowest BCUT2D eigenvalue weighted by Crippen LogP contribution is -1.98. The van der Waals surface area contributed by atoms with Crippen molar-refractivity contribution in [2.45, 2.75) is 13.8 Å². The number of fused-ring (bicyclic) bond motifs is 1. The fourth-order valence-electron chi connectivity index (χ4n) is 2.15. The summed E-state index contributed by atoms with van der Waals surface area (Å²) in [4.78, 5) is 8.42. The van der Waals surface area contributed by atoms with Crippen molar-refractivity contribution in [1.29, 1.82) is 0 Å². The van der Waals surface area contributed by atoms with Crippen LogP contribution >= 0.6 is 0 Å². The number of rotatable bonds is 2. The molecule has 3 rings (SSSR count). The third-order valence-corrected chi connectivity index (χ3v) is 3.46. The van der Waals surface area contributed by atoms with E-state index in [0.717, 1.165) is 28.1 Å². The first-order chi connectivity index (χ1) is 10.0. The van der Waals surface area contributed by atoms with Crippen LogP contribution in [-0.2, 0) is 0 Å². The maximum Gasteiger partial charge on any atom is 0.150 e. The van der Waals surface area contributed by atoms with Crippen molar-refractivity contribution in [3.8, 4) is 5.75 Å². The Morgan fingerprint density at radius 1 is 1.05 bits per heavy atom. The molecule has 0 aliphatic rings. The van der Waals surface area contributed by atoms with Gasteiger partial charge < -0.3 is 10.4 Å². The maximum atomic E-state index is 13.8. The minimum Gasteiger partial charge on any atom is -0.508 e. The fourth-order valence-corrected chi connectivity index (χ4v) is 2.15. The van der Waals surface area contributed by atoms with Crippen molar-refractivity contribution >= 4 is 22.4 Å². The molecule has 0 atom stereocenters. The maximum absolute atomic E-state index is 13.8. The Morgan fingerprint density at radius 2 is 1.81 bits per heavy atom. The van der Waals surface area contributed by atoms with E-state index in [1.165, 1.54) is 18.5 Å². The topological polar surface area (TPSA) is 58.0 Å². The molecule has 1 aromatic heterocycles. The zero-order chi connectivity index (χ0) is 15.0. The number of nitrogens with zero attached hydrogens (tertiary/aromatic N) is 2. The van der Waals surface area contributed by atoms with Crippen LogP contribution in [0, 0.1) is 19.7 Å². The summed E-state index contributed by atoms with van der Waals surface area (Å²) >= 11 is 0. The Labute approximate surface area is 121 Å². The molecule has 2 N–H and O–H groups in total. The van der Waals surface area contributed by atoms with E-state index in [1.807, 2.05) is 26.0 Å². The highest BCUT2D eigenvalue weighted by molar-refractivity contribution is 5.91. The highest BCUT2D eigenvalue weighted by atomic mass is 19.1. The SMILES string of the molecule is Cc1cc2ncnc(Nc3ccc(O)cc3F)c2cc1C. The quantitative estimate of drug-likeness (QED) is 0.702. The molecule has 0 saturated carbocycles. The molecule has 4 nitrogen and oxygen atoms in total. The van der Waals surface area contributed by atoms with Crippen molar-refractivity contribution < 1.29 is 9.50 Å². The second-order valence-electron chi connectivity index (χ2n) is 4.97. The lowest BCUT2D eigenvalue weighted by atomic mass is 10.1. The van der Waals surface area contributed by atoms with E-state index in [-0.39, 0.29) is 11.4 Å². The molecule has 0 fully saturated rings. The van der Waals surface area contributed by atoms with Crippen LogP contribution in [0.1, 0.15) is 11.1 Å². The van der Waals surface area contributed by atoms with Crippen LogP contribution in [0.25, 0.3) is 10.9 Å². The summed E-state index contributed by atoms with van der Waals surface area (Å²) in [6.07, 6.45) is 1.44. The van der Waals surface area contributed by atoms with E-state index in [2.05, 4.69) is 15.3 Å². The smallest absolute Gasteiger partial charge is 0.150 e. The van der Waals surface area contributed by atoms with Crippen molar-refractivity contribution in [3.05, 3.63) is 53.6 Å². The predicted octanol–water partition coefficient (Wildman–Crippen LogP) is 3.83. The van der Waals surface area contributed by atoms with Gasteiger partial charge in [-0.3, -0.25) is 0 Å². The number of nitrogens with one attached hydrogen (secondary N) is 1. The number of phenolic OH excluding ortho intramolecular Hbond substituents is 1.